The molecule has 0 aliphatic heterocycles. The van der Waals surface area contributed by atoms with Gasteiger partial charge in [0.2, 0.25) is 0 Å². The molecule has 0 atom stereocenters. The van der Waals surface area contributed by atoms with Gasteiger partial charge in [0, 0.05) is 13.2 Å². The third-order valence-electron chi connectivity index (χ3n) is 1.54. The number of nitrogens with zero attached hydrogens (tertiary/aromatic N) is 1. The van der Waals surface area contributed by atoms with Crippen molar-refractivity contribution in [3.05, 3.63) is 12.2 Å². The summed E-state index contributed by atoms with van der Waals surface area (Å²) in [6, 6.07) is 1.58. The normalized spacial score (nSPS) is 8.38. The number of ether oxygens (including phenoxy) is 3. The minimum Gasteiger partial charge on any atom is -0.462 e. The van der Waals surface area contributed by atoms with Gasteiger partial charge in [0.1, 0.15) is 11.6 Å². The molecule has 0 aliphatic rings. The van der Waals surface area contributed by atoms with E-state index in [1.165, 1.54) is 0 Å². The molecule has 21 heavy (non-hydrogen) atoms. The molecular formula is C14H27NO6. The summed E-state index contributed by atoms with van der Waals surface area (Å²) in [6.45, 7) is 11.5. The molecule has 0 aromatic carbocycles. The summed E-state index contributed by atoms with van der Waals surface area (Å²) in [5.74, 6) is -0.639. The van der Waals surface area contributed by atoms with E-state index in [0.717, 1.165) is 13.2 Å². The number of carbonyl (C=O) groups is 1. The second-order valence-electron chi connectivity index (χ2n) is 3.15. The van der Waals surface area contributed by atoms with Crippen molar-refractivity contribution >= 4 is 5.97 Å². The van der Waals surface area contributed by atoms with Crippen LogP contribution in [-0.4, -0.2) is 62.4 Å². The molecule has 7 heteroatoms. The van der Waals surface area contributed by atoms with Gasteiger partial charge in [-0.25, -0.2) is 4.79 Å². The highest BCUT2D eigenvalue weighted by atomic mass is 16.5. The zero-order chi connectivity index (χ0) is 16.9. The third-order valence-corrected chi connectivity index (χ3v) is 1.54. The van der Waals surface area contributed by atoms with Crippen LogP contribution in [0.15, 0.2) is 12.2 Å². The van der Waals surface area contributed by atoms with Crippen molar-refractivity contribution in [3.8, 4) is 6.07 Å². The van der Waals surface area contributed by atoms with Crippen LogP contribution in [0, 0.1) is 11.3 Å². The average Bonchev–Trinajstić information content (AvgIpc) is 2.49. The lowest BCUT2D eigenvalue weighted by Gasteiger charge is -1.95. The molecule has 0 heterocycles. The first-order chi connectivity index (χ1) is 10.0. The zero-order valence-corrected chi connectivity index (χ0v) is 13.1. The number of hydrogen-bond acceptors (Lipinski definition) is 7. The predicted octanol–water partition coefficient (Wildman–Crippen LogP) is 0.660. The fourth-order valence-corrected chi connectivity index (χ4v) is 0.699. The van der Waals surface area contributed by atoms with Gasteiger partial charge < -0.3 is 24.4 Å². The van der Waals surface area contributed by atoms with Crippen LogP contribution in [0.2, 0.25) is 0 Å². The summed E-state index contributed by atoms with van der Waals surface area (Å²) < 4.78 is 13.9. The van der Waals surface area contributed by atoms with Crippen LogP contribution in [0.4, 0.5) is 0 Å². The van der Waals surface area contributed by atoms with Crippen molar-refractivity contribution in [2.24, 2.45) is 0 Å². The van der Waals surface area contributed by atoms with E-state index in [2.05, 4.69) is 16.1 Å². The third kappa shape index (κ3) is 27.7. The quantitative estimate of drug-likeness (QED) is 0.293. The lowest BCUT2D eigenvalue weighted by atomic mass is 10.3. The number of esters is 1. The van der Waals surface area contributed by atoms with E-state index >= 15 is 0 Å². The van der Waals surface area contributed by atoms with E-state index in [1.54, 1.807) is 13.0 Å². The molecule has 7 nitrogen and oxygen atoms in total. The zero-order valence-electron chi connectivity index (χ0n) is 13.1. The molecule has 0 bridgehead atoms. The Labute approximate surface area is 126 Å². The molecular weight excluding hydrogens is 278 g/mol. The number of nitriles is 1. The highest BCUT2D eigenvalue weighted by Gasteiger charge is 2.03. The van der Waals surface area contributed by atoms with Crippen molar-refractivity contribution < 1.29 is 29.2 Å². The molecule has 0 aromatic rings. The van der Waals surface area contributed by atoms with Crippen LogP contribution in [0.3, 0.4) is 0 Å². The lowest BCUT2D eigenvalue weighted by molar-refractivity contribution is -0.137. The summed E-state index contributed by atoms with van der Waals surface area (Å²) in [4.78, 5) is 10.4. The molecule has 0 saturated heterocycles. The molecule has 0 rings (SSSR count). The van der Waals surface area contributed by atoms with Gasteiger partial charge >= 0.3 is 5.97 Å². The maximum absolute atomic E-state index is 10.4. The van der Waals surface area contributed by atoms with Gasteiger partial charge in [0.25, 0.3) is 0 Å². The second kappa shape index (κ2) is 23.6. The van der Waals surface area contributed by atoms with E-state index in [-0.39, 0.29) is 25.4 Å². The fraction of sp³-hybridized carbons (Fsp3) is 0.714. The number of hydrogen-bond donors (Lipinski definition) is 2. The van der Waals surface area contributed by atoms with Crippen LogP contribution in [0.1, 0.15) is 20.8 Å². The molecule has 0 aromatic heterocycles. The van der Waals surface area contributed by atoms with Crippen LogP contribution in [-0.2, 0) is 19.0 Å². The average molecular weight is 305 g/mol. The summed E-state index contributed by atoms with van der Waals surface area (Å²) >= 11 is 0. The number of carbonyl (C=O) groups excluding carboxylic acids is 1. The minimum absolute atomic E-state index is 0.0278. The lowest BCUT2D eigenvalue weighted by Crippen LogP contribution is -2.04. The van der Waals surface area contributed by atoms with Gasteiger partial charge in [-0.15, -0.1) is 0 Å². The van der Waals surface area contributed by atoms with Gasteiger partial charge in [0.15, 0.2) is 0 Å². The molecule has 2 N–H and O–H groups in total. The number of aliphatic hydroxyl groups excluding tert-OH is 2. The number of rotatable bonds is 8. The van der Waals surface area contributed by atoms with Crippen LogP contribution in [0.5, 0.6) is 0 Å². The molecule has 0 spiro atoms. The highest BCUT2D eigenvalue weighted by Crippen LogP contribution is 1.90. The van der Waals surface area contributed by atoms with Crippen molar-refractivity contribution in [3.63, 3.8) is 0 Å². The summed E-state index contributed by atoms with van der Waals surface area (Å²) in [5, 5.41) is 24.3. The molecule has 124 valence electrons. The molecule has 0 saturated carbocycles. The van der Waals surface area contributed by atoms with Crippen molar-refractivity contribution in [1.29, 1.82) is 5.26 Å². The largest absolute Gasteiger partial charge is 0.462 e. The van der Waals surface area contributed by atoms with Crippen molar-refractivity contribution in [2.45, 2.75) is 20.8 Å². The van der Waals surface area contributed by atoms with Gasteiger partial charge in [0.05, 0.1) is 33.0 Å². The first-order valence-corrected chi connectivity index (χ1v) is 6.68. The SMILES string of the molecule is C=C(C#N)C(=O)OCC.CCOCC.OCCOCCO. The Balaban J connectivity index is -0.000000242. The molecule has 0 amide bonds. The fourth-order valence-electron chi connectivity index (χ4n) is 0.699. The molecule has 0 fully saturated rings. The van der Waals surface area contributed by atoms with Gasteiger partial charge in [-0.3, -0.25) is 0 Å². The molecule has 0 radical (unpaired) electrons. The van der Waals surface area contributed by atoms with Gasteiger partial charge in [-0.1, -0.05) is 6.58 Å². The van der Waals surface area contributed by atoms with Gasteiger partial charge in [-0.05, 0) is 20.8 Å². The Bertz CT molecular complexity index is 269. The minimum atomic E-state index is -0.639. The predicted molar refractivity (Wildman–Crippen MR) is 78.5 cm³/mol. The van der Waals surface area contributed by atoms with Gasteiger partial charge in [-0.2, -0.15) is 5.26 Å². The van der Waals surface area contributed by atoms with Crippen molar-refractivity contribution in [2.75, 3.05) is 46.2 Å². The summed E-state index contributed by atoms with van der Waals surface area (Å²) in [7, 11) is 0. The van der Waals surface area contributed by atoms with Crippen LogP contribution in [0.25, 0.3) is 0 Å². The Morgan fingerprint density at radius 2 is 1.52 bits per heavy atom. The number of aliphatic hydroxyl groups is 2. The maximum atomic E-state index is 10.4. The van der Waals surface area contributed by atoms with E-state index in [9.17, 15) is 4.79 Å². The first kappa shape index (κ1) is 24.6. The van der Waals surface area contributed by atoms with E-state index in [4.69, 9.17) is 20.2 Å². The molecule has 0 unspecified atom stereocenters. The molecule has 0 aliphatic carbocycles. The summed E-state index contributed by atoms with van der Waals surface area (Å²) in [6.07, 6.45) is 0. The smallest absolute Gasteiger partial charge is 0.348 e. The van der Waals surface area contributed by atoms with Crippen LogP contribution < -0.4 is 0 Å². The monoisotopic (exact) mass is 305 g/mol. The second-order valence-corrected chi connectivity index (χ2v) is 3.15. The van der Waals surface area contributed by atoms with E-state index in [1.807, 2.05) is 13.8 Å². The Morgan fingerprint density at radius 1 is 1.05 bits per heavy atom. The van der Waals surface area contributed by atoms with Crippen LogP contribution >= 0.6 is 0 Å². The topological polar surface area (TPSA) is 109 Å². The Kier molecular flexibility index (Phi) is 27.6. The highest BCUT2D eigenvalue weighted by molar-refractivity contribution is 5.91. The first-order valence-electron chi connectivity index (χ1n) is 6.68. The van der Waals surface area contributed by atoms with Crippen molar-refractivity contribution in [1.82, 2.24) is 0 Å². The maximum Gasteiger partial charge on any atom is 0.348 e. The van der Waals surface area contributed by atoms with E-state index in [0.29, 0.717) is 13.2 Å². The Hall–Kier alpha value is -1.46. The Morgan fingerprint density at radius 3 is 1.76 bits per heavy atom. The summed E-state index contributed by atoms with van der Waals surface area (Å²) in [5.41, 5.74) is -0.156. The standard InChI is InChI=1S/C6H7NO2.C4H10O3.C4H10O/c1-3-9-6(8)5(2)4-7;5-1-3-7-4-2-6;1-3-5-4-2/h2-3H2,1H3;5-6H,1-4H2;3-4H2,1-2H3. The van der Waals surface area contributed by atoms with E-state index < -0.39 is 5.97 Å².